The van der Waals surface area contributed by atoms with E-state index in [1.165, 1.54) is 5.56 Å². The highest BCUT2D eigenvalue weighted by atomic mass is 16.2. The number of guanidine groups is 1. The van der Waals surface area contributed by atoms with Crippen molar-refractivity contribution < 1.29 is 4.79 Å². The summed E-state index contributed by atoms with van der Waals surface area (Å²) in [6.07, 6.45) is 4.09. The van der Waals surface area contributed by atoms with Crippen molar-refractivity contribution in [1.82, 2.24) is 9.80 Å². The second-order valence-electron chi connectivity index (χ2n) is 8.78. The van der Waals surface area contributed by atoms with E-state index in [4.69, 9.17) is 5.73 Å². The summed E-state index contributed by atoms with van der Waals surface area (Å²) in [5.41, 5.74) is 6.85. The van der Waals surface area contributed by atoms with Gasteiger partial charge in [0.25, 0.3) is 5.91 Å². The minimum absolute atomic E-state index is 0.0835. The third-order valence-corrected chi connectivity index (χ3v) is 5.86. The summed E-state index contributed by atoms with van der Waals surface area (Å²) in [5, 5.41) is 0. The standard InChI is InChI=1S/C22H34N4O/c1-17(2)15-22(3)20(27)26(21(23)24-22)16-19-10-13-25(14-11-19)12-9-18-7-5-4-6-8-18/h4-8,17,19H,9-16H2,1-3H3,(H2,23,24). The fourth-order valence-corrected chi connectivity index (χ4v) is 4.44. The largest absolute Gasteiger partial charge is 0.369 e. The van der Waals surface area contributed by atoms with Crippen LogP contribution in [0.3, 0.4) is 0 Å². The molecule has 2 N–H and O–H groups in total. The zero-order valence-corrected chi connectivity index (χ0v) is 17.0. The number of hydrogen-bond donors (Lipinski definition) is 1. The molecule has 2 aliphatic rings. The number of carbonyl (C=O) groups excluding carboxylic acids is 1. The third-order valence-electron chi connectivity index (χ3n) is 5.86. The molecule has 1 amide bonds. The predicted octanol–water partition coefficient (Wildman–Crippen LogP) is 2.90. The number of benzene rings is 1. The highest BCUT2D eigenvalue weighted by molar-refractivity contribution is 6.06. The molecule has 1 unspecified atom stereocenters. The SMILES string of the molecule is CC(C)CC1(C)N=C(N)N(CC2CCN(CCc3ccccc3)CC2)C1=O. The van der Waals surface area contributed by atoms with Crippen LogP contribution >= 0.6 is 0 Å². The summed E-state index contributed by atoms with van der Waals surface area (Å²) >= 11 is 0. The number of hydrogen-bond acceptors (Lipinski definition) is 4. The van der Waals surface area contributed by atoms with E-state index >= 15 is 0 Å². The Morgan fingerprint density at radius 2 is 1.89 bits per heavy atom. The van der Waals surface area contributed by atoms with Crippen molar-refractivity contribution >= 4 is 11.9 Å². The lowest BCUT2D eigenvalue weighted by atomic mass is 9.90. The lowest BCUT2D eigenvalue weighted by Gasteiger charge is -2.34. The molecule has 0 spiro atoms. The van der Waals surface area contributed by atoms with Crippen LogP contribution in [0.5, 0.6) is 0 Å². The molecule has 0 saturated carbocycles. The Morgan fingerprint density at radius 1 is 1.22 bits per heavy atom. The van der Waals surface area contributed by atoms with Crippen LogP contribution in [0.25, 0.3) is 0 Å². The maximum Gasteiger partial charge on any atom is 0.257 e. The number of piperidine rings is 1. The van der Waals surface area contributed by atoms with E-state index in [0.29, 0.717) is 24.3 Å². The average Bonchev–Trinajstić information content (AvgIpc) is 2.84. The molecule has 1 aromatic carbocycles. The topological polar surface area (TPSA) is 61.9 Å². The second kappa shape index (κ2) is 8.42. The second-order valence-corrected chi connectivity index (χ2v) is 8.78. The molecule has 1 aromatic rings. The molecule has 2 aliphatic heterocycles. The van der Waals surface area contributed by atoms with Gasteiger partial charge in [-0.15, -0.1) is 0 Å². The van der Waals surface area contributed by atoms with Crippen molar-refractivity contribution in [3.63, 3.8) is 0 Å². The van der Waals surface area contributed by atoms with Gasteiger partial charge in [0.2, 0.25) is 0 Å². The first-order chi connectivity index (χ1) is 12.9. The summed E-state index contributed by atoms with van der Waals surface area (Å²) in [4.78, 5) is 21.7. The number of carbonyl (C=O) groups is 1. The van der Waals surface area contributed by atoms with Gasteiger partial charge in [0, 0.05) is 13.1 Å². The molecule has 1 fully saturated rings. The average molecular weight is 371 g/mol. The van der Waals surface area contributed by atoms with E-state index in [-0.39, 0.29) is 5.91 Å². The molecular formula is C22H34N4O. The number of nitrogens with two attached hydrogens (primary N) is 1. The minimum Gasteiger partial charge on any atom is -0.369 e. The van der Waals surface area contributed by atoms with E-state index in [1.54, 1.807) is 4.90 Å². The fraction of sp³-hybridized carbons (Fsp3) is 0.636. The van der Waals surface area contributed by atoms with E-state index in [1.807, 2.05) is 6.92 Å². The van der Waals surface area contributed by atoms with Crippen molar-refractivity contribution in [1.29, 1.82) is 0 Å². The number of rotatable bonds is 7. The van der Waals surface area contributed by atoms with Crippen molar-refractivity contribution in [3.05, 3.63) is 35.9 Å². The Kier molecular flexibility index (Phi) is 6.20. The summed E-state index contributed by atoms with van der Waals surface area (Å²) in [6.45, 7) is 10.2. The van der Waals surface area contributed by atoms with Crippen molar-refractivity contribution in [2.24, 2.45) is 22.6 Å². The normalized spacial score (nSPS) is 24.7. The van der Waals surface area contributed by atoms with Gasteiger partial charge >= 0.3 is 0 Å². The Bertz CT molecular complexity index is 664. The monoisotopic (exact) mass is 370 g/mol. The van der Waals surface area contributed by atoms with Gasteiger partial charge in [-0.2, -0.15) is 0 Å². The highest BCUT2D eigenvalue weighted by Crippen LogP contribution is 2.30. The third kappa shape index (κ3) is 4.89. The van der Waals surface area contributed by atoms with Crippen LogP contribution in [0, 0.1) is 11.8 Å². The predicted molar refractivity (Wildman–Crippen MR) is 111 cm³/mol. The van der Waals surface area contributed by atoms with Crippen LogP contribution in [-0.4, -0.2) is 53.4 Å². The van der Waals surface area contributed by atoms with Crippen LogP contribution in [-0.2, 0) is 11.2 Å². The summed E-state index contributed by atoms with van der Waals surface area (Å²) < 4.78 is 0. The van der Waals surface area contributed by atoms with Gasteiger partial charge in [-0.3, -0.25) is 9.69 Å². The zero-order valence-electron chi connectivity index (χ0n) is 17.0. The Balaban J connectivity index is 1.46. The lowest BCUT2D eigenvalue weighted by Crippen LogP contribution is -2.47. The van der Waals surface area contributed by atoms with Gasteiger partial charge in [-0.05, 0) is 63.1 Å². The van der Waals surface area contributed by atoms with Crippen molar-refractivity contribution in [3.8, 4) is 0 Å². The van der Waals surface area contributed by atoms with Gasteiger partial charge in [-0.25, -0.2) is 4.99 Å². The molecule has 27 heavy (non-hydrogen) atoms. The van der Waals surface area contributed by atoms with E-state index in [2.05, 4.69) is 54.1 Å². The smallest absolute Gasteiger partial charge is 0.257 e. The van der Waals surface area contributed by atoms with E-state index in [9.17, 15) is 4.79 Å². The quantitative estimate of drug-likeness (QED) is 0.803. The lowest BCUT2D eigenvalue weighted by molar-refractivity contribution is -0.131. The van der Waals surface area contributed by atoms with E-state index in [0.717, 1.165) is 45.3 Å². The van der Waals surface area contributed by atoms with Crippen LogP contribution in [0.15, 0.2) is 35.3 Å². The minimum atomic E-state index is -0.672. The molecule has 1 saturated heterocycles. The molecule has 3 rings (SSSR count). The molecule has 5 heteroatoms. The van der Waals surface area contributed by atoms with Crippen LogP contribution in [0.1, 0.15) is 45.6 Å². The summed E-state index contributed by atoms with van der Waals surface area (Å²) in [7, 11) is 0. The molecule has 2 heterocycles. The van der Waals surface area contributed by atoms with Crippen molar-refractivity contribution in [2.75, 3.05) is 26.2 Å². The van der Waals surface area contributed by atoms with Crippen LogP contribution < -0.4 is 5.73 Å². The Labute approximate surface area is 163 Å². The number of aliphatic imine (C=N–C) groups is 1. The number of amides is 1. The van der Waals surface area contributed by atoms with Crippen LogP contribution in [0.2, 0.25) is 0 Å². The Morgan fingerprint density at radius 3 is 2.52 bits per heavy atom. The number of nitrogens with zero attached hydrogens (tertiary/aromatic N) is 3. The first kappa shape index (κ1) is 19.9. The number of likely N-dealkylation sites (tertiary alicyclic amines) is 1. The molecule has 1 atom stereocenters. The highest BCUT2D eigenvalue weighted by Gasteiger charge is 2.44. The first-order valence-corrected chi connectivity index (χ1v) is 10.3. The van der Waals surface area contributed by atoms with E-state index < -0.39 is 5.54 Å². The molecule has 0 bridgehead atoms. The van der Waals surface area contributed by atoms with Gasteiger partial charge in [0.1, 0.15) is 5.54 Å². The summed E-state index contributed by atoms with van der Waals surface area (Å²) in [5.74, 6) is 1.43. The molecular weight excluding hydrogens is 336 g/mol. The summed E-state index contributed by atoms with van der Waals surface area (Å²) in [6, 6.07) is 10.7. The maximum absolute atomic E-state index is 12.9. The van der Waals surface area contributed by atoms with Crippen molar-refractivity contribution in [2.45, 2.75) is 52.0 Å². The van der Waals surface area contributed by atoms with Gasteiger partial charge in [0.05, 0.1) is 0 Å². The van der Waals surface area contributed by atoms with Gasteiger partial charge < -0.3 is 10.6 Å². The zero-order chi connectivity index (χ0) is 19.4. The molecule has 5 nitrogen and oxygen atoms in total. The maximum atomic E-state index is 12.9. The molecule has 0 radical (unpaired) electrons. The van der Waals surface area contributed by atoms with Gasteiger partial charge in [0.15, 0.2) is 5.96 Å². The molecule has 148 valence electrons. The van der Waals surface area contributed by atoms with Gasteiger partial charge in [-0.1, -0.05) is 44.2 Å². The Hall–Kier alpha value is -1.88. The molecule has 0 aliphatic carbocycles. The van der Waals surface area contributed by atoms with Crippen LogP contribution in [0.4, 0.5) is 0 Å². The molecule has 0 aromatic heterocycles. The fourth-order valence-electron chi connectivity index (χ4n) is 4.44. The first-order valence-electron chi connectivity index (χ1n) is 10.3.